The van der Waals surface area contributed by atoms with Gasteiger partial charge in [0, 0.05) is 12.8 Å². The fraction of sp³-hybridized carbons (Fsp3) is 0.818. The van der Waals surface area contributed by atoms with E-state index in [9.17, 15) is 0 Å². The first-order chi connectivity index (χ1) is 6.26. The minimum absolute atomic E-state index is 0.0955. The van der Waals surface area contributed by atoms with Gasteiger partial charge in [0.25, 0.3) is 0 Å². The van der Waals surface area contributed by atoms with Gasteiger partial charge in [0.05, 0.1) is 6.10 Å². The molecule has 0 aromatic heterocycles. The van der Waals surface area contributed by atoms with Crippen LogP contribution in [0.25, 0.3) is 0 Å². The van der Waals surface area contributed by atoms with Gasteiger partial charge >= 0.3 is 0 Å². The third kappa shape index (κ3) is 1.65. The second-order valence-electron chi connectivity index (χ2n) is 4.11. The van der Waals surface area contributed by atoms with E-state index in [1.54, 1.807) is 0 Å². The van der Waals surface area contributed by atoms with Crippen LogP contribution in [0.15, 0.2) is 12.7 Å². The van der Waals surface area contributed by atoms with Crippen LogP contribution in [0.2, 0.25) is 0 Å². The number of hydrogen-bond donors (Lipinski definition) is 0. The molecule has 0 N–H and O–H groups in total. The zero-order valence-corrected chi connectivity index (χ0v) is 8.29. The lowest BCUT2D eigenvalue weighted by Gasteiger charge is -2.31. The van der Waals surface area contributed by atoms with E-state index in [4.69, 9.17) is 9.47 Å². The molecule has 2 nitrogen and oxygen atoms in total. The molecule has 0 bridgehead atoms. The third-order valence-electron chi connectivity index (χ3n) is 3.06. The molecule has 1 saturated heterocycles. The lowest BCUT2D eigenvalue weighted by atomic mass is 9.94. The van der Waals surface area contributed by atoms with E-state index < -0.39 is 0 Å². The molecule has 0 unspecified atom stereocenters. The van der Waals surface area contributed by atoms with Crippen molar-refractivity contribution in [3.63, 3.8) is 0 Å². The summed E-state index contributed by atoms with van der Waals surface area (Å²) in [5, 5.41) is 0. The van der Waals surface area contributed by atoms with Gasteiger partial charge in [-0.3, -0.25) is 0 Å². The van der Waals surface area contributed by atoms with Gasteiger partial charge < -0.3 is 9.47 Å². The smallest absolute Gasteiger partial charge is 0.169 e. The van der Waals surface area contributed by atoms with Crippen molar-refractivity contribution in [3.05, 3.63) is 12.7 Å². The Kier molecular flexibility index (Phi) is 2.43. The highest BCUT2D eigenvalue weighted by atomic mass is 16.8. The molecule has 74 valence electrons. The van der Waals surface area contributed by atoms with Crippen LogP contribution in [0.5, 0.6) is 0 Å². The summed E-state index contributed by atoms with van der Waals surface area (Å²) in [5.74, 6) is -0.253. The molecule has 1 saturated carbocycles. The molecule has 13 heavy (non-hydrogen) atoms. The highest BCUT2D eigenvalue weighted by Crippen LogP contribution is 2.40. The van der Waals surface area contributed by atoms with E-state index in [-0.39, 0.29) is 18.0 Å². The van der Waals surface area contributed by atoms with Crippen molar-refractivity contribution in [3.8, 4) is 0 Å². The summed E-state index contributed by atoms with van der Waals surface area (Å²) < 4.78 is 11.8. The minimum atomic E-state index is -0.253. The molecule has 0 amide bonds. The van der Waals surface area contributed by atoms with Crippen molar-refractivity contribution in [2.75, 3.05) is 0 Å². The third-order valence-corrected chi connectivity index (χ3v) is 3.06. The summed E-state index contributed by atoms with van der Waals surface area (Å²) in [6, 6.07) is 0. The first-order valence-corrected chi connectivity index (χ1v) is 5.24. The summed E-state index contributed by atoms with van der Waals surface area (Å²) in [4.78, 5) is 0. The van der Waals surface area contributed by atoms with Crippen LogP contribution < -0.4 is 0 Å². The molecule has 2 atom stereocenters. The van der Waals surface area contributed by atoms with E-state index >= 15 is 0 Å². The van der Waals surface area contributed by atoms with Gasteiger partial charge in [-0.05, 0) is 19.8 Å². The summed E-state index contributed by atoms with van der Waals surface area (Å²) >= 11 is 0. The molecule has 0 aromatic carbocycles. The Morgan fingerprint density at radius 2 is 1.92 bits per heavy atom. The summed E-state index contributed by atoms with van der Waals surface area (Å²) in [6.45, 7) is 5.83. The van der Waals surface area contributed by atoms with E-state index in [1.165, 1.54) is 19.3 Å². The van der Waals surface area contributed by atoms with Crippen LogP contribution in [-0.2, 0) is 9.47 Å². The standard InChI is InChI=1S/C11H18O2/c1-3-10-9(2)12-11(13-10)7-5-4-6-8-11/h3,9-10H,1,4-8H2,2H3/t9-,10+/m0/s1. The number of hydrogen-bond acceptors (Lipinski definition) is 2. The zero-order chi connectivity index (χ0) is 9.31. The minimum Gasteiger partial charge on any atom is -0.344 e. The second kappa shape index (κ2) is 3.43. The van der Waals surface area contributed by atoms with Crippen molar-refractivity contribution >= 4 is 0 Å². The largest absolute Gasteiger partial charge is 0.344 e. The van der Waals surface area contributed by atoms with Gasteiger partial charge in [0.15, 0.2) is 5.79 Å². The molecular formula is C11H18O2. The van der Waals surface area contributed by atoms with Gasteiger partial charge in [-0.25, -0.2) is 0 Å². The molecule has 1 heterocycles. The molecule has 1 aliphatic heterocycles. The zero-order valence-electron chi connectivity index (χ0n) is 8.29. The lowest BCUT2D eigenvalue weighted by Crippen LogP contribution is -2.33. The molecule has 1 aliphatic carbocycles. The maximum absolute atomic E-state index is 5.91. The van der Waals surface area contributed by atoms with Crippen LogP contribution in [0.4, 0.5) is 0 Å². The van der Waals surface area contributed by atoms with Gasteiger partial charge in [-0.15, -0.1) is 6.58 Å². The predicted octanol–water partition coefficient (Wildman–Crippen LogP) is 2.64. The first-order valence-electron chi connectivity index (χ1n) is 5.24. The fourth-order valence-electron chi connectivity index (χ4n) is 2.34. The fourth-order valence-corrected chi connectivity index (χ4v) is 2.34. The van der Waals surface area contributed by atoms with Crippen molar-refractivity contribution in [1.82, 2.24) is 0 Å². The molecule has 1 spiro atoms. The lowest BCUT2D eigenvalue weighted by molar-refractivity contribution is -0.189. The SMILES string of the molecule is C=C[C@H]1OC2(CCCCC2)O[C@H]1C. The molecule has 2 fully saturated rings. The van der Waals surface area contributed by atoms with Crippen LogP contribution in [0.3, 0.4) is 0 Å². The van der Waals surface area contributed by atoms with E-state index in [0.29, 0.717) is 0 Å². The van der Waals surface area contributed by atoms with Crippen molar-refractivity contribution in [2.24, 2.45) is 0 Å². The highest BCUT2D eigenvalue weighted by molar-refractivity contribution is 4.94. The predicted molar refractivity (Wildman–Crippen MR) is 51.4 cm³/mol. The molecular weight excluding hydrogens is 164 g/mol. The van der Waals surface area contributed by atoms with Crippen molar-refractivity contribution in [1.29, 1.82) is 0 Å². The Balaban J connectivity index is 2.04. The van der Waals surface area contributed by atoms with E-state index in [0.717, 1.165) is 12.8 Å². The highest BCUT2D eigenvalue weighted by Gasteiger charge is 2.44. The van der Waals surface area contributed by atoms with E-state index in [2.05, 4.69) is 13.5 Å². The average molecular weight is 182 g/mol. The monoisotopic (exact) mass is 182 g/mol. The Morgan fingerprint density at radius 3 is 2.46 bits per heavy atom. The average Bonchev–Trinajstić information content (AvgIpc) is 2.44. The molecule has 2 aliphatic rings. The Hall–Kier alpha value is -0.340. The van der Waals surface area contributed by atoms with Gasteiger partial charge in [0.2, 0.25) is 0 Å². The van der Waals surface area contributed by atoms with Crippen LogP contribution in [0, 0.1) is 0 Å². The number of ether oxygens (including phenoxy) is 2. The van der Waals surface area contributed by atoms with Crippen molar-refractivity contribution < 1.29 is 9.47 Å². The maximum atomic E-state index is 5.91. The topological polar surface area (TPSA) is 18.5 Å². The van der Waals surface area contributed by atoms with E-state index in [1.807, 2.05) is 6.08 Å². The number of rotatable bonds is 1. The summed E-state index contributed by atoms with van der Waals surface area (Å²) in [7, 11) is 0. The Labute approximate surface area is 79.9 Å². The van der Waals surface area contributed by atoms with Gasteiger partial charge in [-0.2, -0.15) is 0 Å². The summed E-state index contributed by atoms with van der Waals surface area (Å²) in [5.41, 5.74) is 0. The summed E-state index contributed by atoms with van der Waals surface area (Å²) in [6.07, 6.45) is 8.03. The molecule has 0 radical (unpaired) electrons. The van der Waals surface area contributed by atoms with Crippen LogP contribution in [-0.4, -0.2) is 18.0 Å². The van der Waals surface area contributed by atoms with Gasteiger partial charge in [-0.1, -0.05) is 12.5 Å². The van der Waals surface area contributed by atoms with Crippen LogP contribution >= 0.6 is 0 Å². The quantitative estimate of drug-likeness (QED) is 0.580. The normalized spacial score (nSPS) is 37.9. The van der Waals surface area contributed by atoms with Gasteiger partial charge in [0.1, 0.15) is 6.10 Å². The molecule has 2 heteroatoms. The maximum Gasteiger partial charge on any atom is 0.169 e. The van der Waals surface area contributed by atoms with Crippen molar-refractivity contribution in [2.45, 2.75) is 57.0 Å². The Bertz CT molecular complexity index is 194. The molecule has 2 rings (SSSR count). The van der Waals surface area contributed by atoms with Crippen LogP contribution in [0.1, 0.15) is 39.0 Å². The Morgan fingerprint density at radius 1 is 1.23 bits per heavy atom. The first kappa shape index (κ1) is 9.22. The second-order valence-corrected chi connectivity index (χ2v) is 4.11. The molecule has 0 aromatic rings.